The van der Waals surface area contributed by atoms with Gasteiger partial charge in [0, 0.05) is 6.07 Å². The molecule has 20 heavy (non-hydrogen) atoms. The van der Waals surface area contributed by atoms with Gasteiger partial charge in [-0.05, 0) is 31.2 Å². The smallest absolute Gasteiger partial charge is 0.139 e. The summed E-state index contributed by atoms with van der Waals surface area (Å²) in [6.07, 6.45) is 0. The molecule has 0 aliphatic carbocycles. The van der Waals surface area contributed by atoms with Crippen molar-refractivity contribution >= 4 is 28.8 Å². The van der Waals surface area contributed by atoms with Gasteiger partial charge in [-0.1, -0.05) is 36.0 Å². The van der Waals surface area contributed by atoms with Crippen LogP contribution in [0.5, 0.6) is 17.2 Å². The predicted octanol–water partition coefficient (Wildman–Crippen LogP) is 4.17. The molecule has 0 saturated carbocycles. The quantitative estimate of drug-likeness (QED) is 0.842. The SMILES string of the molecule is CCOc1cccc(Oc2cccc(Cl)c2C(N)=S)c1. The van der Waals surface area contributed by atoms with Gasteiger partial charge in [-0.15, -0.1) is 0 Å². The standard InChI is InChI=1S/C15H14ClNO2S/c1-2-18-10-5-3-6-11(9-10)19-13-8-4-7-12(16)14(13)15(17)20/h3-9H,2H2,1H3,(H2,17,20). The fourth-order valence-electron chi connectivity index (χ4n) is 1.75. The second kappa shape index (κ2) is 6.59. The van der Waals surface area contributed by atoms with E-state index >= 15 is 0 Å². The molecule has 0 aliphatic rings. The lowest BCUT2D eigenvalue weighted by atomic mass is 10.2. The first-order valence-electron chi connectivity index (χ1n) is 6.11. The first-order chi connectivity index (χ1) is 9.61. The van der Waals surface area contributed by atoms with Gasteiger partial charge in [-0.25, -0.2) is 0 Å². The Morgan fingerprint density at radius 3 is 2.60 bits per heavy atom. The molecule has 0 unspecified atom stereocenters. The monoisotopic (exact) mass is 307 g/mol. The molecule has 0 bridgehead atoms. The zero-order chi connectivity index (χ0) is 14.5. The topological polar surface area (TPSA) is 44.5 Å². The minimum atomic E-state index is 0.201. The van der Waals surface area contributed by atoms with Gasteiger partial charge in [-0.2, -0.15) is 0 Å². The van der Waals surface area contributed by atoms with Crippen LogP contribution < -0.4 is 15.2 Å². The molecule has 0 amide bonds. The highest BCUT2D eigenvalue weighted by Crippen LogP contribution is 2.31. The summed E-state index contributed by atoms with van der Waals surface area (Å²) in [5.74, 6) is 1.90. The molecule has 2 N–H and O–H groups in total. The third-order valence-corrected chi connectivity index (χ3v) is 3.09. The van der Waals surface area contributed by atoms with E-state index in [4.69, 9.17) is 39.0 Å². The van der Waals surface area contributed by atoms with Crippen LogP contribution in [0.3, 0.4) is 0 Å². The van der Waals surface area contributed by atoms with Gasteiger partial charge in [0.2, 0.25) is 0 Å². The summed E-state index contributed by atoms with van der Waals surface area (Å²) in [4.78, 5) is 0.201. The summed E-state index contributed by atoms with van der Waals surface area (Å²) in [6.45, 7) is 2.52. The minimum Gasteiger partial charge on any atom is -0.494 e. The number of hydrogen-bond acceptors (Lipinski definition) is 3. The molecule has 0 aliphatic heterocycles. The Labute approximate surface area is 128 Å². The van der Waals surface area contributed by atoms with E-state index in [1.807, 2.05) is 25.1 Å². The van der Waals surface area contributed by atoms with Crippen molar-refractivity contribution in [3.63, 3.8) is 0 Å². The molecular weight excluding hydrogens is 294 g/mol. The maximum absolute atomic E-state index is 6.10. The lowest BCUT2D eigenvalue weighted by molar-refractivity contribution is 0.338. The first-order valence-corrected chi connectivity index (χ1v) is 6.89. The molecule has 0 fully saturated rings. The normalized spacial score (nSPS) is 10.1. The van der Waals surface area contributed by atoms with E-state index in [0.29, 0.717) is 28.7 Å². The molecule has 0 atom stereocenters. The fourth-order valence-corrected chi connectivity index (χ4v) is 2.28. The molecule has 0 saturated heterocycles. The van der Waals surface area contributed by atoms with E-state index < -0.39 is 0 Å². The van der Waals surface area contributed by atoms with Gasteiger partial charge in [0.25, 0.3) is 0 Å². The van der Waals surface area contributed by atoms with Crippen LogP contribution in [-0.4, -0.2) is 11.6 Å². The average Bonchev–Trinajstić information content (AvgIpc) is 2.39. The maximum atomic E-state index is 6.10. The van der Waals surface area contributed by atoms with Crippen LogP contribution >= 0.6 is 23.8 Å². The summed E-state index contributed by atoms with van der Waals surface area (Å²) in [5.41, 5.74) is 6.22. The molecule has 5 heteroatoms. The molecule has 3 nitrogen and oxygen atoms in total. The Kier molecular flexibility index (Phi) is 4.82. The number of halogens is 1. The third kappa shape index (κ3) is 3.40. The van der Waals surface area contributed by atoms with E-state index in [9.17, 15) is 0 Å². The third-order valence-electron chi connectivity index (χ3n) is 2.57. The molecule has 2 aromatic rings. The van der Waals surface area contributed by atoms with Crippen molar-refractivity contribution in [1.29, 1.82) is 0 Å². The lowest BCUT2D eigenvalue weighted by Gasteiger charge is -2.12. The number of rotatable bonds is 5. The fraction of sp³-hybridized carbons (Fsp3) is 0.133. The second-order valence-corrected chi connectivity index (χ2v) is 4.83. The predicted molar refractivity (Wildman–Crippen MR) is 85.0 cm³/mol. The Morgan fingerprint density at radius 2 is 1.90 bits per heavy atom. The number of hydrogen-bond donors (Lipinski definition) is 1. The van der Waals surface area contributed by atoms with Crippen LogP contribution in [0, 0.1) is 0 Å². The van der Waals surface area contributed by atoms with Crippen LogP contribution in [-0.2, 0) is 0 Å². The highest BCUT2D eigenvalue weighted by atomic mass is 35.5. The highest BCUT2D eigenvalue weighted by Gasteiger charge is 2.12. The lowest BCUT2D eigenvalue weighted by Crippen LogP contribution is -2.11. The van der Waals surface area contributed by atoms with Gasteiger partial charge in [0.1, 0.15) is 22.2 Å². The van der Waals surface area contributed by atoms with Gasteiger partial charge >= 0.3 is 0 Å². The number of nitrogens with two attached hydrogens (primary N) is 1. The van der Waals surface area contributed by atoms with Crippen LogP contribution in [0.2, 0.25) is 5.02 Å². The summed E-state index contributed by atoms with van der Waals surface area (Å²) >= 11 is 11.1. The van der Waals surface area contributed by atoms with Crippen molar-refractivity contribution in [3.8, 4) is 17.2 Å². The van der Waals surface area contributed by atoms with Gasteiger partial charge in [0.15, 0.2) is 0 Å². The zero-order valence-corrected chi connectivity index (χ0v) is 12.5. The van der Waals surface area contributed by atoms with Crippen LogP contribution in [0.25, 0.3) is 0 Å². The van der Waals surface area contributed by atoms with Gasteiger partial charge in [-0.3, -0.25) is 0 Å². The van der Waals surface area contributed by atoms with E-state index in [-0.39, 0.29) is 4.99 Å². The van der Waals surface area contributed by atoms with E-state index in [1.54, 1.807) is 24.3 Å². The van der Waals surface area contributed by atoms with E-state index in [2.05, 4.69) is 0 Å². The van der Waals surface area contributed by atoms with Crippen molar-refractivity contribution in [2.75, 3.05) is 6.61 Å². The molecule has 0 heterocycles. The molecule has 0 aromatic heterocycles. The van der Waals surface area contributed by atoms with E-state index in [1.165, 1.54) is 0 Å². The Bertz CT molecular complexity index is 631. The maximum Gasteiger partial charge on any atom is 0.139 e. The molecule has 104 valence electrons. The van der Waals surface area contributed by atoms with Crippen LogP contribution in [0.4, 0.5) is 0 Å². The molecule has 2 rings (SSSR count). The van der Waals surface area contributed by atoms with Gasteiger partial charge < -0.3 is 15.2 Å². The minimum absolute atomic E-state index is 0.201. The van der Waals surface area contributed by atoms with Crippen molar-refractivity contribution in [2.45, 2.75) is 6.92 Å². The Hall–Kier alpha value is -1.78. The van der Waals surface area contributed by atoms with E-state index in [0.717, 1.165) is 5.75 Å². The Morgan fingerprint density at radius 1 is 1.20 bits per heavy atom. The number of benzene rings is 2. The Balaban J connectivity index is 2.32. The summed E-state index contributed by atoms with van der Waals surface area (Å²) in [5, 5.41) is 0.468. The number of ether oxygens (including phenoxy) is 2. The molecule has 0 spiro atoms. The van der Waals surface area contributed by atoms with Crippen molar-refractivity contribution in [2.24, 2.45) is 5.73 Å². The second-order valence-electron chi connectivity index (χ2n) is 3.99. The van der Waals surface area contributed by atoms with Crippen molar-refractivity contribution < 1.29 is 9.47 Å². The van der Waals surface area contributed by atoms with Crippen molar-refractivity contribution in [3.05, 3.63) is 53.1 Å². The highest BCUT2D eigenvalue weighted by molar-refractivity contribution is 7.80. The largest absolute Gasteiger partial charge is 0.494 e. The molecule has 2 aromatic carbocycles. The molecular formula is C15H14ClNO2S. The summed E-state index contributed by atoms with van der Waals surface area (Å²) in [7, 11) is 0. The molecule has 0 radical (unpaired) electrons. The average molecular weight is 308 g/mol. The summed E-state index contributed by atoms with van der Waals surface area (Å²) < 4.78 is 11.2. The van der Waals surface area contributed by atoms with Crippen LogP contribution in [0.1, 0.15) is 12.5 Å². The van der Waals surface area contributed by atoms with Crippen molar-refractivity contribution in [1.82, 2.24) is 0 Å². The van der Waals surface area contributed by atoms with Gasteiger partial charge in [0.05, 0.1) is 17.2 Å². The summed E-state index contributed by atoms with van der Waals surface area (Å²) in [6, 6.07) is 12.6. The zero-order valence-electron chi connectivity index (χ0n) is 10.9. The first kappa shape index (κ1) is 14.6. The number of thiocarbonyl (C=S) groups is 1. The van der Waals surface area contributed by atoms with Crippen LogP contribution in [0.15, 0.2) is 42.5 Å².